The molecule has 0 saturated carbocycles. The van der Waals surface area contributed by atoms with Gasteiger partial charge in [0.05, 0.1) is 23.9 Å². The molecule has 5 rings (SSSR count). The average Bonchev–Trinajstić information content (AvgIpc) is 3.37. The van der Waals surface area contributed by atoms with E-state index in [1.807, 2.05) is 6.07 Å². The van der Waals surface area contributed by atoms with Crippen LogP contribution < -0.4 is 15.4 Å². The SMILES string of the molecule is CCN1CCc2cc(OC)c(Nc3nc(Nc4ccccc4S(=O)(=O)N(C)C)c4cc[nH]c4n3)cc2C1. The molecule has 0 atom stereocenters. The first-order valence-corrected chi connectivity index (χ1v) is 13.6. The Balaban J connectivity index is 1.53. The van der Waals surface area contributed by atoms with Crippen molar-refractivity contribution >= 4 is 44.2 Å². The van der Waals surface area contributed by atoms with Crippen LogP contribution in [0.5, 0.6) is 5.75 Å². The summed E-state index contributed by atoms with van der Waals surface area (Å²) in [6.45, 7) is 5.08. The highest BCUT2D eigenvalue weighted by atomic mass is 32.2. The van der Waals surface area contributed by atoms with Gasteiger partial charge in [-0.25, -0.2) is 12.7 Å². The van der Waals surface area contributed by atoms with Crippen molar-refractivity contribution in [3.8, 4) is 5.75 Å². The van der Waals surface area contributed by atoms with Crippen molar-refractivity contribution in [1.29, 1.82) is 0 Å². The second kappa shape index (κ2) is 10.0. The third-order valence-corrected chi connectivity index (χ3v) is 8.49. The molecule has 4 aromatic rings. The molecule has 3 heterocycles. The fraction of sp³-hybridized carbons (Fsp3) is 0.308. The predicted octanol–water partition coefficient (Wildman–Crippen LogP) is 4.08. The van der Waals surface area contributed by atoms with E-state index in [4.69, 9.17) is 9.72 Å². The number of ether oxygens (including phenoxy) is 1. The van der Waals surface area contributed by atoms with Crippen molar-refractivity contribution in [2.45, 2.75) is 24.8 Å². The second-order valence-corrected chi connectivity index (χ2v) is 11.2. The van der Waals surface area contributed by atoms with Gasteiger partial charge in [0.1, 0.15) is 22.1 Å². The summed E-state index contributed by atoms with van der Waals surface area (Å²) in [5.41, 5.74) is 4.34. The Bertz CT molecular complexity index is 1550. The standard InChI is InChI=1S/C26H31N7O3S/c1-5-33-13-11-17-15-22(36-4)21(14-18(17)16-33)29-26-30-24-19(10-12-27-24)25(31-26)28-20-8-6-7-9-23(20)37(34,35)32(2)3/h6-10,12,14-15H,5,11,13,16H2,1-4H3,(H3,27,28,29,30,31). The molecule has 37 heavy (non-hydrogen) atoms. The summed E-state index contributed by atoms with van der Waals surface area (Å²) >= 11 is 0. The summed E-state index contributed by atoms with van der Waals surface area (Å²) in [4.78, 5) is 15.1. The summed E-state index contributed by atoms with van der Waals surface area (Å²) in [7, 11) is 1.00. The lowest BCUT2D eigenvalue weighted by Gasteiger charge is -2.28. The van der Waals surface area contributed by atoms with Crippen LogP contribution in [0.15, 0.2) is 53.6 Å². The number of methoxy groups -OCH3 is 1. The van der Waals surface area contributed by atoms with Gasteiger partial charge >= 0.3 is 0 Å². The fourth-order valence-electron chi connectivity index (χ4n) is 4.51. The van der Waals surface area contributed by atoms with Gasteiger partial charge in [-0.15, -0.1) is 0 Å². The number of likely N-dealkylation sites (N-methyl/N-ethyl adjacent to an activating group) is 1. The largest absolute Gasteiger partial charge is 0.495 e. The summed E-state index contributed by atoms with van der Waals surface area (Å²) in [6.07, 6.45) is 2.75. The fourth-order valence-corrected chi connectivity index (χ4v) is 5.55. The van der Waals surface area contributed by atoms with Crippen LogP contribution in [-0.4, -0.2) is 66.9 Å². The van der Waals surface area contributed by atoms with Crippen LogP contribution >= 0.6 is 0 Å². The van der Waals surface area contributed by atoms with Gasteiger partial charge in [-0.2, -0.15) is 9.97 Å². The topological polar surface area (TPSA) is 115 Å². The van der Waals surface area contributed by atoms with E-state index in [-0.39, 0.29) is 4.90 Å². The molecule has 2 aromatic heterocycles. The van der Waals surface area contributed by atoms with E-state index >= 15 is 0 Å². The average molecular weight is 522 g/mol. The number of hydrogen-bond donors (Lipinski definition) is 3. The molecule has 10 nitrogen and oxygen atoms in total. The van der Waals surface area contributed by atoms with E-state index in [0.717, 1.165) is 42.9 Å². The van der Waals surface area contributed by atoms with Crippen molar-refractivity contribution in [2.75, 3.05) is 44.9 Å². The smallest absolute Gasteiger partial charge is 0.244 e. The zero-order chi connectivity index (χ0) is 26.2. The number of fused-ring (bicyclic) bond motifs is 2. The Hall–Kier alpha value is -3.67. The highest BCUT2D eigenvalue weighted by Gasteiger charge is 2.23. The van der Waals surface area contributed by atoms with E-state index < -0.39 is 10.0 Å². The molecule has 2 aromatic carbocycles. The molecule has 3 N–H and O–H groups in total. The van der Waals surface area contributed by atoms with Gasteiger partial charge in [0.2, 0.25) is 16.0 Å². The Morgan fingerprint density at radius 1 is 1.08 bits per heavy atom. The number of rotatable bonds is 8. The molecule has 0 amide bonds. The Kier molecular flexibility index (Phi) is 6.76. The summed E-state index contributed by atoms with van der Waals surface area (Å²) in [5.74, 6) is 1.55. The highest BCUT2D eigenvalue weighted by Crippen LogP contribution is 2.35. The number of aromatic nitrogens is 3. The van der Waals surface area contributed by atoms with Crippen LogP contribution in [0.1, 0.15) is 18.1 Å². The molecule has 11 heteroatoms. The summed E-state index contributed by atoms with van der Waals surface area (Å²) in [5, 5.41) is 7.29. The van der Waals surface area contributed by atoms with E-state index in [1.165, 1.54) is 29.5 Å². The van der Waals surface area contributed by atoms with Gasteiger partial charge in [0.15, 0.2) is 0 Å². The molecule has 0 spiro atoms. The van der Waals surface area contributed by atoms with E-state index in [0.29, 0.717) is 23.1 Å². The first-order valence-electron chi connectivity index (χ1n) is 12.1. The Labute approximate surface area is 216 Å². The van der Waals surface area contributed by atoms with Crippen molar-refractivity contribution < 1.29 is 13.2 Å². The van der Waals surface area contributed by atoms with Crippen LogP contribution in [0, 0.1) is 0 Å². The number of benzene rings is 2. The maximum Gasteiger partial charge on any atom is 0.244 e. The van der Waals surface area contributed by atoms with E-state index in [2.05, 4.69) is 44.6 Å². The monoisotopic (exact) mass is 521 g/mol. The van der Waals surface area contributed by atoms with Crippen molar-refractivity contribution in [1.82, 2.24) is 24.2 Å². The normalized spacial score (nSPS) is 14.1. The van der Waals surface area contributed by atoms with Gasteiger partial charge in [-0.3, -0.25) is 4.90 Å². The molecular formula is C26H31N7O3S. The number of sulfonamides is 1. The number of nitrogens with zero attached hydrogens (tertiary/aromatic N) is 4. The molecule has 194 valence electrons. The number of para-hydroxylation sites is 1. The molecular weight excluding hydrogens is 490 g/mol. The maximum absolute atomic E-state index is 12.9. The third-order valence-electron chi connectivity index (χ3n) is 6.62. The summed E-state index contributed by atoms with van der Waals surface area (Å²) in [6, 6.07) is 12.8. The van der Waals surface area contributed by atoms with Crippen LogP contribution in [0.2, 0.25) is 0 Å². The zero-order valence-corrected chi connectivity index (χ0v) is 22.2. The molecule has 1 aliphatic rings. The van der Waals surface area contributed by atoms with Crippen molar-refractivity contribution in [3.63, 3.8) is 0 Å². The predicted molar refractivity (Wildman–Crippen MR) is 145 cm³/mol. The molecule has 0 unspecified atom stereocenters. The van der Waals surface area contributed by atoms with Crippen molar-refractivity contribution in [2.24, 2.45) is 0 Å². The van der Waals surface area contributed by atoms with Crippen LogP contribution in [0.25, 0.3) is 11.0 Å². The molecule has 0 bridgehead atoms. The van der Waals surface area contributed by atoms with Crippen LogP contribution in [0.3, 0.4) is 0 Å². The van der Waals surface area contributed by atoms with Crippen LogP contribution in [0.4, 0.5) is 23.1 Å². The lowest BCUT2D eigenvalue weighted by molar-refractivity contribution is 0.267. The van der Waals surface area contributed by atoms with Gasteiger partial charge < -0.3 is 20.4 Å². The lowest BCUT2D eigenvalue weighted by atomic mass is 9.98. The third kappa shape index (κ3) is 4.85. The minimum absolute atomic E-state index is 0.161. The van der Waals surface area contributed by atoms with Gasteiger partial charge in [0, 0.05) is 33.4 Å². The second-order valence-electron chi connectivity index (χ2n) is 9.11. The molecule has 0 fully saturated rings. The van der Waals surface area contributed by atoms with Gasteiger partial charge in [-0.05, 0) is 54.4 Å². The lowest BCUT2D eigenvalue weighted by Crippen LogP contribution is -2.30. The number of anilines is 4. The summed E-state index contributed by atoms with van der Waals surface area (Å²) < 4.78 is 32.7. The minimum Gasteiger partial charge on any atom is -0.495 e. The molecule has 0 saturated heterocycles. The number of nitrogens with one attached hydrogen (secondary N) is 3. The quantitative estimate of drug-likeness (QED) is 0.318. The maximum atomic E-state index is 12.9. The van der Waals surface area contributed by atoms with Gasteiger partial charge in [-0.1, -0.05) is 19.1 Å². The minimum atomic E-state index is -3.67. The Morgan fingerprint density at radius 3 is 2.65 bits per heavy atom. The zero-order valence-electron chi connectivity index (χ0n) is 21.4. The molecule has 1 aliphatic heterocycles. The first-order chi connectivity index (χ1) is 17.8. The molecule has 0 aliphatic carbocycles. The van der Waals surface area contributed by atoms with Crippen LogP contribution in [-0.2, 0) is 23.0 Å². The Morgan fingerprint density at radius 2 is 1.89 bits per heavy atom. The molecule has 0 radical (unpaired) electrons. The number of aromatic amines is 1. The first kappa shape index (κ1) is 25.0. The highest BCUT2D eigenvalue weighted by molar-refractivity contribution is 7.89. The number of hydrogen-bond acceptors (Lipinski definition) is 8. The number of H-pyrrole nitrogens is 1. The van der Waals surface area contributed by atoms with E-state index in [9.17, 15) is 8.42 Å². The van der Waals surface area contributed by atoms with Gasteiger partial charge in [0.25, 0.3) is 0 Å². The van der Waals surface area contributed by atoms with Crippen molar-refractivity contribution in [3.05, 3.63) is 59.8 Å². The van der Waals surface area contributed by atoms with E-state index in [1.54, 1.807) is 37.6 Å².